The SMILES string of the molecule is CCCc1c(OCCCSc2cn[nH]n2)ccc(C(C)=O)c1O. The van der Waals surface area contributed by atoms with Gasteiger partial charge in [-0.1, -0.05) is 13.3 Å². The molecule has 0 radical (unpaired) electrons. The molecule has 7 heteroatoms. The van der Waals surface area contributed by atoms with Crippen molar-refractivity contribution < 1.29 is 14.6 Å². The summed E-state index contributed by atoms with van der Waals surface area (Å²) in [5.41, 5.74) is 1.06. The lowest BCUT2D eigenvalue weighted by molar-refractivity contribution is 0.101. The van der Waals surface area contributed by atoms with Gasteiger partial charge in [0.25, 0.3) is 0 Å². The molecule has 0 atom stereocenters. The first-order chi connectivity index (χ1) is 11.1. The van der Waals surface area contributed by atoms with Crippen LogP contribution in [0, 0.1) is 0 Å². The second kappa shape index (κ2) is 8.57. The van der Waals surface area contributed by atoms with Gasteiger partial charge < -0.3 is 9.84 Å². The predicted octanol–water partition coefficient (Wildman–Crippen LogP) is 3.23. The lowest BCUT2D eigenvalue weighted by Gasteiger charge is -2.14. The summed E-state index contributed by atoms with van der Waals surface area (Å²) in [5, 5.41) is 21.4. The number of H-pyrrole nitrogens is 1. The van der Waals surface area contributed by atoms with E-state index >= 15 is 0 Å². The van der Waals surface area contributed by atoms with Crippen molar-refractivity contribution in [2.24, 2.45) is 0 Å². The van der Waals surface area contributed by atoms with Crippen molar-refractivity contribution >= 4 is 17.5 Å². The molecule has 0 bridgehead atoms. The monoisotopic (exact) mass is 335 g/mol. The van der Waals surface area contributed by atoms with E-state index < -0.39 is 0 Å². The molecule has 0 fully saturated rings. The molecule has 0 unspecified atom stereocenters. The average Bonchev–Trinajstić information content (AvgIpc) is 3.03. The number of nitrogens with zero attached hydrogens (tertiary/aromatic N) is 2. The van der Waals surface area contributed by atoms with E-state index in [0.717, 1.165) is 23.6 Å². The van der Waals surface area contributed by atoms with Crippen LogP contribution >= 0.6 is 11.8 Å². The van der Waals surface area contributed by atoms with Crippen LogP contribution in [0.25, 0.3) is 0 Å². The predicted molar refractivity (Wildman–Crippen MR) is 89.3 cm³/mol. The zero-order chi connectivity index (χ0) is 16.7. The Balaban J connectivity index is 1.93. The maximum atomic E-state index is 11.5. The summed E-state index contributed by atoms with van der Waals surface area (Å²) in [6, 6.07) is 3.39. The molecule has 6 nitrogen and oxygen atoms in total. The van der Waals surface area contributed by atoms with Gasteiger partial charge >= 0.3 is 0 Å². The standard InChI is InChI=1S/C16H21N3O3S/c1-3-5-13-14(7-6-12(11(2)20)16(13)21)22-8-4-9-23-15-10-17-19-18-15/h6-7,10,21H,3-5,8-9H2,1-2H3,(H,17,18,19). The van der Waals surface area contributed by atoms with E-state index in [1.165, 1.54) is 6.92 Å². The molecule has 124 valence electrons. The van der Waals surface area contributed by atoms with Crippen molar-refractivity contribution in [3.8, 4) is 11.5 Å². The van der Waals surface area contributed by atoms with Crippen LogP contribution in [0.4, 0.5) is 0 Å². The summed E-state index contributed by atoms with van der Waals surface area (Å²) in [5.74, 6) is 1.43. The van der Waals surface area contributed by atoms with Crippen LogP contribution in [0.2, 0.25) is 0 Å². The number of aromatic hydroxyl groups is 1. The number of thioether (sulfide) groups is 1. The smallest absolute Gasteiger partial charge is 0.163 e. The summed E-state index contributed by atoms with van der Waals surface area (Å²) >= 11 is 1.61. The van der Waals surface area contributed by atoms with Gasteiger partial charge in [0.1, 0.15) is 16.5 Å². The van der Waals surface area contributed by atoms with Gasteiger partial charge in [0.05, 0.1) is 18.4 Å². The molecule has 2 rings (SSSR count). The molecule has 0 saturated heterocycles. The van der Waals surface area contributed by atoms with E-state index in [2.05, 4.69) is 15.4 Å². The number of phenolic OH excluding ortho intramolecular Hbond substituents is 1. The van der Waals surface area contributed by atoms with Gasteiger partial charge in [0, 0.05) is 11.3 Å². The average molecular weight is 335 g/mol. The number of carbonyl (C=O) groups excluding carboxylic acids is 1. The Hall–Kier alpha value is -2.02. The second-order valence-corrected chi connectivity index (χ2v) is 6.22. The first-order valence-corrected chi connectivity index (χ1v) is 8.59. The van der Waals surface area contributed by atoms with Gasteiger partial charge in [-0.25, -0.2) is 0 Å². The zero-order valence-electron chi connectivity index (χ0n) is 13.3. The molecule has 2 N–H and O–H groups in total. The van der Waals surface area contributed by atoms with E-state index in [9.17, 15) is 9.90 Å². The van der Waals surface area contributed by atoms with Gasteiger partial charge in [0.2, 0.25) is 0 Å². The fraction of sp³-hybridized carbons (Fsp3) is 0.438. The number of nitrogens with one attached hydrogen (secondary N) is 1. The van der Waals surface area contributed by atoms with Crippen molar-refractivity contribution in [3.05, 3.63) is 29.5 Å². The highest BCUT2D eigenvalue weighted by atomic mass is 32.2. The molecule has 0 aliphatic carbocycles. The maximum Gasteiger partial charge on any atom is 0.163 e. The number of ketones is 1. The zero-order valence-corrected chi connectivity index (χ0v) is 14.2. The van der Waals surface area contributed by atoms with E-state index in [0.29, 0.717) is 29.9 Å². The number of phenols is 1. The molecule has 2 aromatic rings. The third-order valence-electron chi connectivity index (χ3n) is 3.31. The van der Waals surface area contributed by atoms with Gasteiger partial charge in [0.15, 0.2) is 5.78 Å². The van der Waals surface area contributed by atoms with Crippen molar-refractivity contribution in [3.63, 3.8) is 0 Å². The Morgan fingerprint density at radius 1 is 1.43 bits per heavy atom. The highest BCUT2D eigenvalue weighted by molar-refractivity contribution is 7.99. The van der Waals surface area contributed by atoms with Crippen LogP contribution in [0.1, 0.15) is 42.6 Å². The molecule has 1 aromatic heterocycles. The van der Waals surface area contributed by atoms with Crippen LogP contribution in [-0.4, -0.2) is 38.7 Å². The van der Waals surface area contributed by atoms with E-state index in [4.69, 9.17) is 4.74 Å². The van der Waals surface area contributed by atoms with Gasteiger partial charge in [-0.15, -0.1) is 16.9 Å². The number of ether oxygens (including phenoxy) is 1. The lowest BCUT2D eigenvalue weighted by Crippen LogP contribution is -2.04. The van der Waals surface area contributed by atoms with E-state index in [1.54, 1.807) is 30.1 Å². The molecule has 0 amide bonds. The van der Waals surface area contributed by atoms with Gasteiger partial charge in [-0.05, 0) is 31.9 Å². The largest absolute Gasteiger partial charge is 0.507 e. The highest BCUT2D eigenvalue weighted by Gasteiger charge is 2.15. The molecule has 0 aliphatic heterocycles. The van der Waals surface area contributed by atoms with E-state index in [-0.39, 0.29) is 11.5 Å². The number of aromatic amines is 1. The maximum absolute atomic E-state index is 11.5. The van der Waals surface area contributed by atoms with Gasteiger partial charge in [-0.3, -0.25) is 4.79 Å². The fourth-order valence-corrected chi connectivity index (χ4v) is 2.91. The number of aromatic nitrogens is 3. The normalized spacial score (nSPS) is 10.7. The van der Waals surface area contributed by atoms with Crippen LogP contribution in [0.5, 0.6) is 11.5 Å². The van der Waals surface area contributed by atoms with Crippen LogP contribution in [0.15, 0.2) is 23.4 Å². The summed E-state index contributed by atoms with van der Waals surface area (Å²) in [6.07, 6.45) is 4.07. The van der Waals surface area contributed by atoms with Gasteiger partial charge in [-0.2, -0.15) is 10.3 Å². The lowest BCUT2D eigenvalue weighted by atomic mass is 10.0. The van der Waals surface area contributed by atoms with Crippen molar-refractivity contribution in [2.75, 3.05) is 12.4 Å². The topological polar surface area (TPSA) is 88.1 Å². The van der Waals surface area contributed by atoms with Crippen LogP contribution in [-0.2, 0) is 6.42 Å². The Morgan fingerprint density at radius 2 is 2.26 bits per heavy atom. The number of hydrogen-bond acceptors (Lipinski definition) is 6. The molecule has 1 aromatic carbocycles. The first kappa shape index (κ1) is 17.3. The Morgan fingerprint density at radius 3 is 2.91 bits per heavy atom. The summed E-state index contributed by atoms with van der Waals surface area (Å²) in [6.45, 7) is 4.02. The molecular formula is C16H21N3O3S. The Labute approximate surface area is 139 Å². The summed E-state index contributed by atoms with van der Waals surface area (Å²) < 4.78 is 5.80. The number of benzene rings is 1. The molecule has 0 spiro atoms. The third kappa shape index (κ3) is 4.72. The molecule has 0 saturated carbocycles. The van der Waals surface area contributed by atoms with Crippen molar-refractivity contribution in [2.45, 2.75) is 38.1 Å². The summed E-state index contributed by atoms with van der Waals surface area (Å²) in [4.78, 5) is 11.5. The van der Waals surface area contributed by atoms with Crippen LogP contribution in [0.3, 0.4) is 0 Å². The third-order valence-corrected chi connectivity index (χ3v) is 4.29. The number of hydrogen-bond donors (Lipinski definition) is 2. The second-order valence-electron chi connectivity index (χ2n) is 5.10. The fourth-order valence-electron chi connectivity index (χ4n) is 2.21. The Kier molecular flexibility index (Phi) is 6.46. The minimum absolute atomic E-state index is 0.0498. The Bertz CT molecular complexity index is 644. The first-order valence-electron chi connectivity index (χ1n) is 7.60. The number of carbonyl (C=O) groups is 1. The number of Topliss-reactive ketones (excluding diaryl/α,β-unsaturated/α-hetero) is 1. The number of rotatable bonds is 9. The summed E-state index contributed by atoms with van der Waals surface area (Å²) in [7, 11) is 0. The molecule has 23 heavy (non-hydrogen) atoms. The van der Waals surface area contributed by atoms with Crippen molar-refractivity contribution in [1.82, 2.24) is 15.4 Å². The minimum Gasteiger partial charge on any atom is -0.507 e. The minimum atomic E-state index is -0.143. The van der Waals surface area contributed by atoms with Crippen molar-refractivity contribution in [1.29, 1.82) is 0 Å². The van der Waals surface area contributed by atoms with Crippen LogP contribution < -0.4 is 4.74 Å². The molecule has 0 aliphatic rings. The van der Waals surface area contributed by atoms with E-state index in [1.807, 2.05) is 6.92 Å². The quantitative estimate of drug-likeness (QED) is 0.415. The molecular weight excluding hydrogens is 314 g/mol. The molecule has 1 heterocycles. The highest BCUT2D eigenvalue weighted by Crippen LogP contribution is 2.33.